The van der Waals surface area contributed by atoms with Gasteiger partial charge >= 0.3 is 0 Å². The van der Waals surface area contributed by atoms with Crippen molar-refractivity contribution in [2.45, 2.75) is 26.2 Å². The first-order valence-electron chi connectivity index (χ1n) is 6.05. The molecule has 0 aliphatic heterocycles. The van der Waals surface area contributed by atoms with Crippen LogP contribution in [0.5, 0.6) is 5.75 Å². The zero-order chi connectivity index (χ0) is 13.6. The summed E-state index contributed by atoms with van der Waals surface area (Å²) in [7, 11) is 1.48. The molecule has 18 heavy (non-hydrogen) atoms. The fourth-order valence-electron chi connectivity index (χ4n) is 2.14. The largest absolute Gasteiger partial charge is 0.494 e. The molecule has 0 unspecified atom stereocenters. The number of methoxy groups -OCH3 is 1. The van der Waals surface area contributed by atoms with Crippen LogP contribution in [0.1, 0.15) is 25.3 Å². The Morgan fingerprint density at radius 3 is 2.39 bits per heavy atom. The third-order valence-corrected chi connectivity index (χ3v) is 5.52. The summed E-state index contributed by atoms with van der Waals surface area (Å²) < 4.78 is 18.6. The molecule has 1 aromatic rings. The minimum absolute atomic E-state index is 0.149. The second-order valence-corrected chi connectivity index (χ2v) is 5.78. The van der Waals surface area contributed by atoms with Gasteiger partial charge in [-0.1, -0.05) is 51.3 Å². The summed E-state index contributed by atoms with van der Waals surface area (Å²) in [5.74, 6) is 0.0158. The molecule has 0 bridgehead atoms. The molecule has 0 saturated carbocycles. The Morgan fingerprint density at radius 2 is 1.94 bits per heavy atom. The molecule has 4 heteroatoms. The number of ether oxygens (including phenoxy) is 1. The van der Waals surface area contributed by atoms with Gasteiger partial charge in [0.1, 0.15) is 0 Å². The first kappa shape index (κ1) is 16.0. The molecule has 102 valence electrons. The molecule has 0 aliphatic carbocycles. The van der Waals surface area contributed by atoms with E-state index in [0.717, 1.165) is 35.5 Å². The molecule has 1 aromatic carbocycles. The van der Waals surface area contributed by atoms with Gasteiger partial charge in [-0.2, -0.15) is 0 Å². The van der Waals surface area contributed by atoms with Crippen LogP contribution in [0.4, 0.5) is 4.39 Å². The van der Waals surface area contributed by atoms with E-state index in [-0.39, 0.29) is 11.2 Å². The van der Waals surface area contributed by atoms with Gasteiger partial charge in [-0.25, -0.2) is 4.39 Å². The van der Waals surface area contributed by atoms with Gasteiger partial charge in [0.15, 0.2) is 11.6 Å². The van der Waals surface area contributed by atoms with Crippen molar-refractivity contribution in [3.8, 4) is 5.75 Å². The van der Waals surface area contributed by atoms with Crippen LogP contribution in [0.15, 0.2) is 18.2 Å². The van der Waals surface area contributed by atoms with E-state index in [1.54, 1.807) is 12.1 Å². The summed E-state index contributed by atoms with van der Waals surface area (Å²) in [4.78, 5) is 0. The summed E-state index contributed by atoms with van der Waals surface area (Å²) in [5.41, 5.74) is 1.16. The average molecular weight is 382 g/mol. The highest BCUT2D eigenvalue weighted by molar-refractivity contribution is 9.09. The van der Waals surface area contributed by atoms with E-state index in [2.05, 4.69) is 38.8 Å². The highest BCUT2D eigenvalue weighted by atomic mass is 79.9. The average Bonchev–Trinajstić information content (AvgIpc) is 2.38. The van der Waals surface area contributed by atoms with Crippen molar-refractivity contribution in [2.75, 3.05) is 17.8 Å². The van der Waals surface area contributed by atoms with Crippen LogP contribution in [-0.4, -0.2) is 17.8 Å². The predicted molar refractivity (Wildman–Crippen MR) is 81.6 cm³/mol. The third-order valence-electron chi connectivity index (χ3n) is 3.14. The molecular weight excluding hydrogens is 363 g/mol. The van der Waals surface area contributed by atoms with Crippen LogP contribution in [0, 0.1) is 11.2 Å². The Labute approximate surface area is 125 Å². The van der Waals surface area contributed by atoms with Crippen LogP contribution in [0.25, 0.3) is 0 Å². The Morgan fingerprint density at radius 1 is 1.28 bits per heavy atom. The van der Waals surface area contributed by atoms with E-state index in [0.29, 0.717) is 5.75 Å². The van der Waals surface area contributed by atoms with Crippen molar-refractivity contribution < 1.29 is 9.13 Å². The Hall–Kier alpha value is -0.0900. The molecule has 0 fully saturated rings. The quantitative estimate of drug-likeness (QED) is 0.607. The van der Waals surface area contributed by atoms with Gasteiger partial charge in [0.2, 0.25) is 0 Å². The lowest BCUT2D eigenvalue weighted by Gasteiger charge is -2.30. The Bertz CT molecular complexity index is 378. The fourth-order valence-corrected chi connectivity index (χ4v) is 4.02. The molecule has 0 spiro atoms. The second-order valence-electron chi connectivity index (χ2n) is 4.66. The fraction of sp³-hybridized carbons (Fsp3) is 0.571. The lowest BCUT2D eigenvalue weighted by molar-refractivity contribution is 0.349. The lowest BCUT2D eigenvalue weighted by Crippen LogP contribution is -2.27. The third kappa shape index (κ3) is 3.95. The van der Waals surface area contributed by atoms with Gasteiger partial charge in [-0.15, -0.1) is 0 Å². The molecule has 0 N–H and O–H groups in total. The summed E-state index contributed by atoms with van der Waals surface area (Å²) in [6.45, 7) is 2.18. The molecule has 0 aliphatic rings. The van der Waals surface area contributed by atoms with Gasteiger partial charge in [-0.05, 0) is 36.0 Å². The van der Waals surface area contributed by atoms with Crippen molar-refractivity contribution in [1.82, 2.24) is 0 Å². The molecule has 0 radical (unpaired) electrons. The van der Waals surface area contributed by atoms with Crippen molar-refractivity contribution in [3.63, 3.8) is 0 Å². The zero-order valence-corrected chi connectivity index (χ0v) is 14.0. The number of hydrogen-bond acceptors (Lipinski definition) is 1. The van der Waals surface area contributed by atoms with Crippen molar-refractivity contribution >= 4 is 31.9 Å². The van der Waals surface area contributed by atoms with Crippen LogP contribution < -0.4 is 4.74 Å². The Balaban J connectivity index is 2.90. The zero-order valence-electron chi connectivity index (χ0n) is 10.8. The maximum atomic E-state index is 13.7. The predicted octanol–water partition coefficient (Wildman–Crippen LogP) is 4.95. The van der Waals surface area contributed by atoms with E-state index in [1.165, 1.54) is 7.11 Å². The van der Waals surface area contributed by atoms with Gasteiger partial charge < -0.3 is 4.74 Å². The molecule has 0 aromatic heterocycles. The number of alkyl halides is 2. The second kappa shape index (κ2) is 7.49. The molecule has 0 amide bonds. The summed E-state index contributed by atoms with van der Waals surface area (Å²) in [5, 5.41) is 1.82. The van der Waals surface area contributed by atoms with Gasteiger partial charge in [0, 0.05) is 10.7 Å². The molecule has 0 heterocycles. The van der Waals surface area contributed by atoms with E-state index < -0.39 is 0 Å². The summed E-state index contributed by atoms with van der Waals surface area (Å²) >= 11 is 7.18. The van der Waals surface area contributed by atoms with Crippen LogP contribution >= 0.6 is 31.9 Å². The van der Waals surface area contributed by atoms with E-state index in [4.69, 9.17) is 4.74 Å². The van der Waals surface area contributed by atoms with Gasteiger partial charge in [-0.3, -0.25) is 0 Å². The van der Waals surface area contributed by atoms with E-state index >= 15 is 0 Å². The van der Waals surface area contributed by atoms with Gasteiger partial charge in [0.25, 0.3) is 0 Å². The summed E-state index contributed by atoms with van der Waals surface area (Å²) in [6, 6.07) is 5.22. The van der Waals surface area contributed by atoms with Gasteiger partial charge in [0.05, 0.1) is 7.11 Å². The smallest absolute Gasteiger partial charge is 0.165 e. The highest BCUT2D eigenvalue weighted by Gasteiger charge is 2.27. The molecule has 0 saturated heterocycles. The maximum absolute atomic E-state index is 13.7. The SMILES string of the molecule is CCCC(CBr)(CBr)Cc1ccc(OC)c(F)c1. The number of rotatable bonds is 7. The molecule has 1 nitrogen and oxygen atoms in total. The lowest BCUT2D eigenvalue weighted by atomic mass is 9.81. The molecule has 0 atom stereocenters. The van der Waals surface area contributed by atoms with Crippen molar-refractivity contribution in [1.29, 1.82) is 0 Å². The Kier molecular flexibility index (Phi) is 6.64. The standard InChI is InChI=1S/C14H19Br2FO/c1-3-6-14(9-15,10-16)8-11-4-5-13(18-2)12(17)7-11/h4-5,7H,3,6,8-10H2,1-2H3. The van der Waals surface area contributed by atoms with Crippen molar-refractivity contribution in [2.24, 2.45) is 5.41 Å². The monoisotopic (exact) mass is 380 g/mol. The van der Waals surface area contributed by atoms with E-state index in [9.17, 15) is 4.39 Å². The topological polar surface area (TPSA) is 9.23 Å². The number of halogens is 3. The minimum Gasteiger partial charge on any atom is -0.494 e. The summed E-state index contributed by atoms with van der Waals surface area (Å²) in [6.07, 6.45) is 3.09. The van der Waals surface area contributed by atoms with Crippen LogP contribution in [-0.2, 0) is 6.42 Å². The first-order chi connectivity index (χ1) is 8.60. The van der Waals surface area contributed by atoms with Crippen molar-refractivity contribution in [3.05, 3.63) is 29.6 Å². The normalized spacial score (nSPS) is 11.6. The maximum Gasteiger partial charge on any atom is 0.165 e. The van der Waals surface area contributed by atoms with Crippen LogP contribution in [0.2, 0.25) is 0 Å². The first-order valence-corrected chi connectivity index (χ1v) is 8.29. The molecule has 1 rings (SSSR count). The number of hydrogen-bond donors (Lipinski definition) is 0. The van der Waals surface area contributed by atoms with E-state index in [1.807, 2.05) is 6.07 Å². The molecular formula is C14H19Br2FO. The minimum atomic E-state index is -0.287. The number of benzene rings is 1. The van der Waals surface area contributed by atoms with Crippen LogP contribution in [0.3, 0.4) is 0 Å². The highest BCUT2D eigenvalue weighted by Crippen LogP contribution is 2.34.